The van der Waals surface area contributed by atoms with Crippen molar-refractivity contribution in [1.29, 1.82) is 0 Å². The summed E-state index contributed by atoms with van der Waals surface area (Å²) in [5.74, 6) is 0. The quantitative estimate of drug-likeness (QED) is 0.719. The van der Waals surface area contributed by atoms with Gasteiger partial charge in [0.1, 0.15) is 0 Å². The molecule has 5 heteroatoms. The molecule has 0 saturated heterocycles. The Morgan fingerprint density at radius 3 is 2.50 bits per heavy atom. The highest BCUT2D eigenvalue weighted by molar-refractivity contribution is 6.30. The van der Waals surface area contributed by atoms with Gasteiger partial charge in [0, 0.05) is 18.2 Å². The molecule has 1 rings (SSSR count). The van der Waals surface area contributed by atoms with Gasteiger partial charge >= 0.3 is 6.03 Å². The van der Waals surface area contributed by atoms with E-state index >= 15 is 0 Å². The molecular formula is C13H19ClN2O2. The lowest BCUT2D eigenvalue weighted by molar-refractivity contribution is 0.227. The van der Waals surface area contributed by atoms with Crippen molar-refractivity contribution >= 4 is 17.6 Å². The Kier molecular flexibility index (Phi) is 5.44. The van der Waals surface area contributed by atoms with Crippen LogP contribution in [0.1, 0.15) is 25.8 Å². The van der Waals surface area contributed by atoms with Gasteiger partial charge in [0.25, 0.3) is 0 Å². The Hall–Kier alpha value is -1.26. The SMILES string of the molecule is CC(C)(NC(=O)NCCCO)c1ccc(Cl)cc1. The summed E-state index contributed by atoms with van der Waals surface area (Å²) in [6.07, 6.45) is 0.550. The molecule has 1 aromatic carbocycles. The molecule has 0 fully saturated rings. The summed E-state index contributed by atoms with van der Waals surface area (Å²) in [4.78, 5) is 11.6. The van der Waals surface area contributed by atoms with E-state index in [-0.39, 0.29) is 12.6 Å². The second-order valence-corrected chi connectivity index (χ2v) is 5.03. The number of hydrogen-bond donors (Lipinski definition) is 3. The Balaban J connectivity index is 2.58. The lowest BCUT2D eigenvalue weighted by atomic mass is 9.94. The van der Waals surface area contributed by atoms with Gasteiger partial charge in [-0.3, -0.25) is 0 Å². The summed E-state index contributed by atoms with van der Waals surface area (Å²) in [6.45, 7) is 4.36. The van der Waals surface area contributed by atoms with E-state index in [1.807, 2.05) is 26.0 Å². The predicted octanol–water partition coefficient (Wildman–Crippen LogP) is 2.26. The van der Waals surface area contributed by atoms with Crippen molar-refractivity contribution in [3.05, 3.63) is 34.9 Å². The summed E-state index contributed by atoms with van der Waals surface area (Å²) in [6, 6.07) is 7.11. The maximum absolute atomic E-state index is 11.6. The van der Waals surface area contributed by atoms with E-state index in [4.69, 9.17) is 16.7 Å². The average Bonchev–Trinajstić information content (AvgIpc) is 2.29. The monoisotopic (exact) mass is 270 g/mol. The molecule has 1 aromatic rings. The standard InChI is InChI=1S/C13H19ClN2O2/c1-13(2,10-4-6-11(14)7-5-10)16-12(18)15-8-3-9-17/h4-7,17H,3,8-9H2,1-2H3,(H2,15,16,18). The number of aliphatic hydroxyl groups is 1. The number of carbonyl (C=O) groups excluding carboxylic acids is 1. The van der Waals surface area contributed by atoms with E-state index in [1.54, 1.807) is 12.1 Å². The Labute approximate surface area is 112 Å². The molecule has 0 atom stereocenters. The minimum atomic E-state index is -0.478. The number of aliphatic hydroxyl groups excluding tert-OH is 1. The van der Waals surface area contributed by atoms with Crippen molar-refractivity contribution in [1.82, 2.24) is 10.6 Å². The number of nitrogens with one attached hydrogen (secondary N) is 2. The van der Waals surface area contributed by atoms with Crippen molar-refractivity contribution in [2.75, 3.05) is 13.2 Å². The molecule has 18 heavy (non-hydrogen) atoms. The highest BCUT2D eigenvalue weighted by atomic mass is 35.5. The molecule has 0 unspecified atom stereocenters. The van der Waals surface area contributed by atoms with Crippen LogP contribution in [0, 0.1) is 0 Å². The third-order valence-electron chi connectivity index (χ3n) is 2.61. The van der Waals surface area contributed by atoms with Crippen LogP contribution in [-0.2, 0) is 5.54 Å². The fourth-order valence-corrected chi connectivity index (χ4v) is 1.67. The van der Waals surface area contributed by atoms with Gasteiger partial charge in [0.2, 0.25) is 0 Å². The normalized spacial score (nSPS) is 11.1. The van der Waals surface area contributed by atoms with Crippen LogP contribution < -0.4 is 10.6 Å². The molecule has 4 nitrogen and oxygen atoms in total. The van der Waals surface area contributed by atoms with Crippen molar-refractivity contribution in [2.45, 2.75) is 25.8 Å². The fraction of sp³-hybridized carbons (Fsp3) is 0.462. The maximum atomic E-state index is 11.6. The van der Waals surface area contributed by atoms with E-state index in [1.165, 1.54) is 0 Å². The van der Waals surface area contributed by atoms with Gasteiger partial charge in [-0.2, -0.15) is 0 Å². The van der Waals surface area contributed by atoms with E-state index in [9.17, 15) is 4.79 Å². The molecule has 0 saturated carbocycles. The van der Waals surface area contributed by atoms with E-state index in [0.29, 0.717) is 18.0 Å². The maximum Gasteiger partial charge on any atom is 0.315 e. The van der Waals surface area contributed by atoms with Gasteiger partial charge in [-0.1, -0.05) is 23.7 Å². The van der Waals surface area contributed by atoms with Crippen LogP contribution in [0.4, 0.5) is 4.79 Å². The van der Waals surface area contributed by atoms with Gasteiger partial charge in [-0.05, 0) is 38.0 Å². The summed E-state index contributed by atoms with van der Waals surface area (Å²) < 4.78 is 0. The minimum Gasteiger partial charge on any atom is -0.396 e. The number of amides is 2. The number of urea groups is 1. The molecule has 0 radical (unpaired) electrons. The smallest absolute Gasteiger partial charge is 0.315 e. The number of rotatable bonds is 5. The van der Waals surface area contributed by atoms with Crippen molar-refractivity contribution in [3.8, 4) is 0 Å². The van der Waals surface area contributed by atoms with Crippen LogP contribution in [0.3, 0.4) is 0 Å². The van der Waals surface area contributed by atoms with Gasteiger partial charge in [-0.15, -0.1) is 0 Å². The zero-order valence-electron chi connectivity index (χ0n) is 10.7. The molecule has 0 aliphatic carbocycles. The first kappa shape index (κ1) is 14.8. The number of carbonyl (C=O) groups is 1. The topological polar surface area (TPSA) is 61.4 Å². The van der Waals surface area contributed by atoms with Crippen LogP contribution in [0.2, 0.25) is 5.02 Å². The van der Waals surface area contributed by atoms with Gasteiger partial charge in [-0.25, -0.2) is 4.79 Å². The van der Waals surface area contributed by atoms with Crippen LogP contribution in [-0.4, -0.2) is 24.3 Å². The lowest BCUT2D eigenvalue weighted by Gasteiger charge is -2.27. The molecule has 0 aliphatic heterocycles. The molecule has 0 spiro atoms. The Morgan fingerprint density at radius 1 is 1.33 bits per heavy atom. The van der Waals surface area contributed by atoms with Gasteiger partial charge < -0.3 is 15.7 Å². The number of hydrogen-bond acceptors (Lipinski definition) is 2. The molecule has 0 bridgehead atoms. The molecule has 3 N–H and O–H groups in total. The zero-order chi connectivity index (χ0) is 13.6. The van der Waals surface area contributed by atoms with E-state index in [0.717, 1.165) is 5.56 Å². The molecule has 100 valence electrons. The average molecular weight is 271 g/mol. The first-order valence-corrected chi connectivity index (χ1v) is 6.26. The first-order valence-electron chi connectivity index (χ1n) is 5.88. The van der Waals surface area contributed by atoms with Crippen LogP contribution in [0.5, 0.6) is 0 Å². The molecule has 0 heterocycles. The highest BCUT2D eigenvalue weighted by Gasteiger charge is 2.22. The van der Waals surface area contributed by atoms with Gasteiger partial charge in [0.15, 0.2) is 0 Å². The third-order valence-corrected chi connectivity index (χ3v) is 2.86. The van der Waals surface area contributed by atoms with E-state index in [2.05, 4.69) is 10.6 Å². The first-order chi connectivity index (χ1) is 8.45. The fourth-order valence-electron chi connectivity index (χ4n) is 1.55. The molecule has 2 amide bonds. The molecule has 0 aliphatic rings. The third kappa shape index (κ3) is 4.55. The summed E-state index contributed by atoms with van der Waals surface area (Å²) >= 11 is 5.83. The summed E-state index contributed by atoms with van der Waals surface area (Å²) in [5, 5.41) is 14.9. The van der Waals surface area contributed by atoms with Crippen LogP contribution >= 0.6 is 11.6 Å². The second kappa shape index (κ2) is 6.61. The highest BCUT2D eigenvalue weighted by Crippen LogP contribution is 2.21. The lowest BCUT2D eigenvalue weighted by Crippen LogP contribution is -2.46. The minimum absolute atomic E-state index is 0.0703. The number of halogens is 1. The van der Waals surface area contributed by atoms with Crippen molar-refractivity contribution in [3.63, 3.8) is 0 Å². The van der Waals surface area contributed by atoms with E-state index < -0.39 is 5.54 Å². The number of benzene rings is 1. The summed E-state index contributed by atoms with van der Waals surface area (Å²) in [5.41, 5.74) is 0.498. The Morgan fingerprint density at radius 2 is 1.94 bits per heavy atom. The predicted molar refractivity (Wildman–Crippen MR) is 72.7 cm³/mol. The molecule has 0 aromatic heterocycles. The largest absolute Gasteiger partial charge is 0.396 e. The zero-order valence-corrected chi connectivity index (χ0v) is 11.4. The second-order valence-electron chi connectivity index (χ2n) is 4.59. The summed E-state index contributed by atoms with van der Waals surface area (Å²) in [7, 11) is 0. The van der Waals surface area contributed by atoms with Crippen molar-refractivity contribution < 1.29 is 9.90 Å². The molecular weight excluding hydrogens is 252 g/mol. The van der Waals surface area contributed by atoms with Crippen LogP contribution in [0.15, 0.2) is 24.3 Å². The van der Waals surface area contributed by atoms with Crippen LogP contribution in [0.25, 0.3) is 0 Å². The van der Waals surface area contributed by atoms with Crippen molar-refractivity contribution in [2.24, 2.45) is 0 Å². The Bertz CT molecular complexity index is 390. The van der Waals surface area contributed by atoms with Gasteiger partial charge in [0.05, 0.1) is 5.54 Å².